The standard InChI is InChI=1S/C25H24O7/c1-24(2)8-7-14-20(28)19-21(29)16(13-6-5-12(26)9-17(13)27)11-30-23(19)15(22(14)32-24)10-18-25(3,4)31-18/h5-9,11,18,26-28H,10H2,1-4H3. The first kappa shape index (κ1) is 20.5. The molecular formula is C25H24O7. The van der Waals surface area contributed by atoms with Gasteiger partial charge in [0.05, 0.1) is 22.8 Å². The van der Waals surface area contributed by atoms with E-state index in [-0.39, 0.29) is 51.0 Å². The molecule has 0 spiro atoms. The predicted molar refractivity (Wildman–Crippen MR) is 119 cm³/mol. The molecule has 0 bridgehead atoms. The highest BCUT2D eigenvalue weighted by Gasteiger charge is 2.48. The summed E-state index contributed by atoms with van der Waals surface area (Å²) in [6, 6.07) is 3.93. The fourth-order valence-corrected chi connectivity index (χ4v) is 4.19. The fraction of sp³-hybridized carbons (Fsp3) is 0.320. The van der Waals surface area contributed by atoms with E-state index >= 15 is 0 Å². The van der Waals surface area contributed by atoms with Crippen molar-refractivity contribution in [3.63, 3.8) is 0 Å². The maximum atomic E-state index is 13.5. The summed E-state index contributed by atoms with van der Waals surface area (Å²) in [6.45, 7) is 7.78. The summed E-state index contributed by atoms with van der Waals surface area (Å²) in [7, 11) is 0. The summed E-state index contributed by atoms with van der Waals surface area (Å²) < 4.78 is 17.9. The van der Waals surface area contributed by atoms with Gasteiger partial charge in [0.25, 0.3) is 0 Å². The van der Waals surface area contributed by atoms with Crippen LogP contribution in [-0.4, -0.2) is 32.6 Å². The molecule has 5 rings (SSSR count). The molecule has 0 amide bonds. The molecule has 3 aromatic rings. The number of fused-ring (bicyclic) bond motifs is 2. The highest BCUT2D eigenvalue weighted by Crippen LogP contribution is 2.48. The molecule has 7 nitrogen and oxygen atoms in total. The Balaban J connectivity index is 1.79. The van der Waals surface area contributed by atoms with E-state index in [0.29, 0.717) is 23.3 Å². The third-order valence-electron chi connectivity index (χ3n) is 6.12. The molecule has 3 N–H and O–H groups in total. The molecule has 3 heterocycles. The first-order valence-electron chi connectivity index (χ1n) is 10.4. The lowest BCUT2D eigenvalue weighted by Crippen LogP contribution is -2.28. The normalized spacial score (nSPS) is 20.1. The lowest BCUT2D eigenvalue weighted by atomic mass is 9.92. The van der Waals surface area contributed by atoms with E-state index in [1.54, 1.807) is 6.08 Å². The summed E-state index contributed by atoms with van der Waals surface area (Å²) in [5.74, 6) is -0.174. The van der Waals surface area contributed by atoms with Crippen molar-refractivity contribution in [2.75, 3.05) is 0 Å². The number of benzene rings is 2. The number of aromatic hydroxyl groups is 3. The zero-order valence-electron chi connectivity index (χ0n) is 18.2. The minimum atomic E-state index is -0.597. The van der Waals surface area contributed by atoms with Crippen molar-refractivity contribution in [3.8, 4) is 34.1 Å². The first-order valence-corrected chi connectivity index (χ1v) is 10.4. The zero-order valence-corrected chi connectivity index (χ0v) is 18.2. The van der Waals surface area contributed by atoms with Gasteiger partial charge in [0.1, 0.15) is 45.8 Å². The second-order valence-electron chi connectivity index (χ2n) is 9.41. The van der Waals surface area contributed by atoms with Crippen LogP contribution < -0.4 is 10.2 Å². The Bertz CT molecular complexity index is 1360. The Morgan fingerprint density at radius 1 is 1.06 bits per heavy atom. The number of ether oxygens (including phenoxy) is 2. The van der Waals surface area contributed by atoms with Gasteiger partial charge in [-0.25, -0.2) is 0 Å². The molecule has 1 atom stereocenters. The summed E-state index contributed by atoms with van der Waals surface area (Å²) in [5, 5.41) is 30.9. The molecule has 1 aromatic heterocycles. The second kappa shape index (κ2) is 6.53. The van der Waals surface area contributed by atoms with Crippen molar-refractivity contribution in [2.24, 2.45) is 0 Å². The summed E-state index contributed by atoms with van der Waals surface area (Å²) in [6.07, 6.45) is 5.19. The third kappa shape index (κ3) is 3.12. The number of rotatable bonds is 3. The third-order valence-corrected chi connectivity index (χ3v) is 6.12. The van der Waals surface area contributed by atoms with Crippen molar-refractivity contribution in [3.05, 3.63) is 51.9 Å². The van der Waals surface area contributed by atoms with Gasteiger partial charge in [-0.2, -0.15) is 0 Å². The van der Waals surface area contributed by atoms with E-state index in [0.717, 1.165) is 6.07 Å². The van der Waals surface area contributed by atoms with Crippen LogP contribution in [0.5, 0.6) is 23.0 Å². The van der Waals surface area contributed by atoms with Crippen LogP contribution in [0.2, 0.25) is 0 Å². The van der Waals surface area contributed by atoms with E-state index in [9.17, 15) is 20.1 Å². The molecule has 0 saturated carbocycles. The minimum Gasteiger partial charge on any atom is -0.508 e. The predicted octanol–water partition coefficient (Wildman–Crippen LogP) is 4.48. The van der Waals surface area contributed by atoms with Gasteiger partial charge in [-0.1, -0.05) is 0 Å². The van der Waals surface area contributed by atoms with Crippen LogP contribution in [0, 0.1) is 0 Å². The Morgan fingerprint density at radius 3 is 2.44 bits per heavy atom. The maximum Gasteiger partial charge on any atom is 0.204 e. The Morgan fingerprint density at radius 2 is 1.78 bits per heavy atom. The van der Waals surface area contributed by atoms with E-state index < -0.39 is 11.0 Å². The van der Waals surface area contributed by atoms with E-state index in [1.807, 2.05) is 33.8 Å². The lowest BCUT2D eigenvalue weighted by Gasteiger charge is -2.30. The Hall–Kier alpha value is -3.45. The van der Waals surface area contributed by atoms with E-state index in [4.69, 9.17) is 13.9 Å². The molecule has 2 aliphatic rings. The smallest absolute Gasteiger partial charge is 0.204 e. The Kier molecular flexibility index (Phi) is 4.17. The Labute approximate surface area is 184 Å². The van der Waals surface area contributed by atoms with E-state index in [1.165, 1.54) is 18.4 Å². The zero-order chi connectivity index (χ0) is 23.0. The molecule has 1 unspecified atom stereocenters. The van der Waals surface area contributed by atoms with Crippen LogP contribution in [0.25, 0.3) is 28.2 Å². The van der Waals surface area contributed by atoms with Gasteiger partial charge in [-0.15, -0.1) is 0 Å². The number of epoxide rings is 1. The summed E-state index contributed by atoms with van der Waals surface area (Å²) in [5.41, 5.74) is 0.157. The van der Waals surface area contributed by atoms with Crippen LogP contribution in [0.4, 0.5) is 0 Å². The molecule has 32 heavy (non-hydrogen) atoms. The minimum absolute atomic E-state index is 0.00939. The summed E-state index contributed by atoms with van der Waals surface area (Å²) in [4.78, 5) is 13.5. The van der Waals surface area contributed by atoms with Gasteiger partial charge in [-0.3, -0.25) is 4.79 Å². The maximum absolute atomic E-state index is 13.5. The van der Waals surface area contributed by atoms with Crippen molar-refractivity contribution < 1.29 is 29.2 Å². The van der Waals surface area contributed by atoms with Crippen LogP contribution in [0.1, 0.15) is 38.8 Å². The topological polar surface area (TPSA) is 113 Å². The van der Waals surface area contributed by atoms with Crippen LogP contribution in [0.3, 0.4) is 0 Å². The average molecular weight is 436 g/mol. The van der Waals surface area contributed by atoms with Gasteiger partial charge in [0.2, 0.25) is 5.43 Å². The molecule has 7 heteroatoms. The van der Waals surface area contributed by atoms with Crippen molar-refractivity contribution >= 4 is 17.0 Å². The second-order valence-corrected chi connectivity index (χ2v) is 9.41. The van der Waals surface area contributed by atoms with Gasteiger partial charge < -0.3 is 29.2 Å². The van der Waals surface area contributed by atoms with Gasteiger partial charge in [-0.05, 0) is 52.0 Å². The molecule has 0 radical (unpaired) electrons. The molecule has 166 valence electrons. The lowest BCUT2D eigenvalue weighted by molar-refractivity contribution is 0.156. The first-order chi connectivity index (χ1) is 15.0. The molecular weight excluding hydrogens is 412 g/mol. The van der Waals surface area contributed by atoms with Crippen LogP contribution in [0.15, 0.2) is 39.7 Å². The largest absolute Gasteiger partial charge is 0.508 e. The molecule has 2 aliphatic heterocycles. The van der Waals surface area contributed by atoms with Gasteiger partial charge in [0, 0.05) is 23.6 Å². The van der Waals surface area contributed by atoms with Crippen molar-refractivity contribution in [1.82, 2.24) is 0 Å². The van der Waals surface area contributed by atoms with Gasteiger partial charge in [0.15, 0.2) is 0 Å². The average Bonchev–Trinajstić information content (AvgIpc) is 3.30. The molecule has 1 saturated heterocycles. The number of phenolic OH excluding ortho intramolecular Hbond substituents is 3. The molecule has 0 aliphatic carbocycles. The SMILES string of the molecule is CC1(C)C=Cc2c(c(CC3OC3(C)C)c3occ(-c4ccc(O)cc4O)c(=O)c3c2O)O1. The number of hydrogen-bond donors (Lipinski definition) is 3. The molecule has 1 fully saturated rings. The quantitative estimate of drug-likeness (QED) is 0.519. The van der Waals surface area contributed by atoms with Crippen LogP contribution in [-0.2, 0) is 11.2 Å². The highest BCUT2D eigenvalue weighted by atomic mass is 16.6. The highest BCUT2D eigenvalue weighted by molar-refractivity contribution is 5.96. The van der Waals surface area contributed by atoms with Crippen molar-refractivity contribution in [2.45, 2.75) is 51.4 Å². The van der Waals surface area contributed by atoms with Crippen molar-refractivity contribution in [1.29, 1.82) is 0 Å². The number of phenols is 3. The molecule has 2 aromatic carbocycles. The number of hydrogen-bond acceptors (Lipinski definition) is 7. The van der Waals surface area contributed by atoms with E-state index in [2.05, 4.69) is 0 Å². The monoisotopic (exact) mass is 436 g/mol. The fourth-order valence-electron chi connectivity index (χ4n) is 4.19. The van der Waals surface area contributed by atoms with Gasteiger partial charge >= 0.3 is 0 Å². The summed E-state index contributed by atoms with van der Waals surface area (Å²) >= 11 is 0. The van der Waals surface area contributed by atoms with Crippen LogP contribution >= 0.6 is 0 Å².